The zero-order valence-corrected chi connectivity index (χ0v) is 18.7. The van der Waals surface area contributed by atoms with Gasteiger partial charge in [-0.3, -0.25) is 14.5 Å². The molecule has 2 N–H and O–H groups in total. The molecule has 0 radical (unpaired) electrons. The molecule has 1 saturated heterocycles. The number of benzene rings is 1. The number of carbonyl (C=O) groups excluding carboxylic acids is 3. The predicted octanol–water partition coefficient (Wildman–Crippen LogP) is 4.27. The minimum absolute atomic E-state index is 0.104. The number of amides is 4. The number of hydrogen-bond donors (Lipinski definition) is 2. The van der Waals surface area contributed by atoms with Crippen molar-refractivity contribution < 1.29 is 14.4 Å². The van der Waals surface area contributed by atoms with Crippen LogP contribution in [0.15, 0.2) is 24.3 Å². The second kappa shape index (κ2) is 9.19. The van der Waals surface area contributed by atoms with Crippen LogP contribution >= 0.6 is 0 Å². The molecule has 3 rings (SSSR count). The Hall–Kier alpha value is -2.37. The molecule has 30 heavy (non-hydrogen) atoms. The molecule has 164 valence electrons. The molecule has 4 amide bonds. The van der Waals surface area contributed by atoms with Crippen LogP contribution in [0, 0.1) is 5.92 Å². The molecule has 6 heteroatoms. The van der Waals surface area contributed by atoms with E-state index in [1.54, 1.807) is 0 Å². The lowest BCUT2D eigenvalue weighted by Gasteiger charge is -2.24. The fraction of sp³-hybridized carbons (Fsp3) is 0.625. The van der Waals surface area contributed by atoms with Gasteiger partial charge in [-0.15, -0.1) is 0 Å². The normalized spacial score (nSPS) is 20.0. The summed E-state index contributed by atoms with van der Waals surface area (Å²) >= 11 is 0. The molecule has 1 saturated carbocycles. The van der Waals surface area contributed by atoms with Crippen molar-refractivity contribution >= 4 is 17.8 Å². The lowest BCUT2D eigenvalue weighted by atomic mass is 9.92. The number of carbonyl (C=O) groups is 3. The molecule has 2 unspecified atom stereocenters. The Morgan fingerprint density at radius 1 is 1.10 bits per heavy atom. The van der Waals surface area contributed by atoms with Crippen molar-refractivity contribution in [2.75, 3.05) is 6.54 Å². The van der Waals surface area contributed by atoms with E-state index in [1.807, 2.05) is 0 Å². The molecular formula is C24H35N3O3. The van der Waals surface area contributed by atoms with Crippen LogP contribution in [0.3, 0.4) is 0 Å². The van der Waals surface area contributed by atoms with E-state index in [-0.39, 0.29) is 42.8 Å². The second-order valence-corrected chi connectivity index (χ2v) is 9.19. The number of nitrogens with one attached hydrogen (secondary N) is 2. The predicted molar refractivity (Wildman–Crippen MR) is 117 cm³/mol. The van der Waals surface area contributed by atoms with Gasteiger partial charge in [0.2, 0.25) is 5.91 Å². The second-order valence-electron chi connectivity index (χ2n) is 9.19. The zero-order valence-electron chi connectivity index (χ0n) is 18.7. The van der Waals surface area contributed by atoms with Crippen LogP contribution in [0.1, 0.15) is 89.3 Å². The summed E-state index contributed by atoms with van der Waals surface area (Å²) in [5.41, 5.74) is 1.66. The molecule has 1 aromatic carbocycles. The minimum atomic E-state index is -0.717. The lowest BCUT2D eigenvalue weighted by molar-refractivity contribution is -0.131. The van der Waals surface area contributed by atoms with Gasteiger partial charge in [-0.2, -0.15) is 0 Å². The van der Waals surface area contributed by atoms with E-state index in [2.05, 4.69) is 62.6 Å². The maximum Gasteiger partial charge on any atom is 0.325 e. The number of hydrogen-bond acceptors (Lipinski definition) is 3. The number of urea groups is 1. The Morgan fingerprint density at radius 3 is 2.27 bits per heavy atom. The van der Waals surface area contributed by atoms with Crippen LogP contribution in [0.25, 0.3) is 0 Å². The summed E-state index contributed by atoms with van der Waals surface area (Å²) in [5.74, 6) is 0.423. The SMILES string of the molecule is CCC(C)c1ccc(C(NC(=O)CCN2C(=O)NC3(CCCC3)C2=O)C(C)C)cc1. The van der Waals surface area contributed by atoms with Crippen LogP contribution in [0.2, 0.25) is 0 Å². The van der Waals surface area contributed by atoms with Crippen LogP contribution < -0.4 is 10.6 Å². The van der Waals surface area contributed by atoms with Crippen LogP contribution in [0.4, 0.5) is 4.79 Å². The average molecular weight is 414 g/mol. The van der Waals surface area contributed by atoms with Crippen molar-refractivity contribution in [2.24, 2.45) is 5.92 Å². The summed E-state index contributed by atoms with van der Waals surface area (Å²) in [5, 5.41) is 5.96. The van der Waals surface area contributed by atoms with Crippen molar-refractivity contribution in [1.82, 2.24) is 15.5 Å². The van der Waals surface area contributed by atoms with Gasteiger partial charge in [0.25, 0.3) is 5.91 Å². The van der Waals surface area contributed by atoms with E-state index in [0.29, 0.717) is 18.8 Å². The summed E-state index contributed by atoms with van der Waals surface area (Å²) in [6.07, 6.45) is 4.50. The molecule has 0 aromatic heterocycles. The highest BCUT2D eigenvalue weighted by Crippen LogP contribution is 2.35. The Kier molecular flexibility index (Phi) is 6.84. The Labute approximate surface area is 179 Å². The summed E-state index contributed by atoms with van der Waals surface area (Å²) in [4.78, 5) is 38.9. The van der Waals surface area contributed by atoms with E-state index in [0.717, 1.165) is 24.8 Å². The fourth-order valence-corrected chi connectivity index (χ4v) is 4.56. The van der Waals surface area contributed by atoms with E-state index in [9.17, 15) is 14.4 Å². The maximum atomic E-state index is 12.7. The van der Waals surface area contributed by atoms with Crippen molar-refractivity contribution in [3.05, 3.63) is 35.4 Å². The number of nitrogens with zero attached hydrogens (tertiary/aromatic N) is 1. The third kappa shape index (κ3) is 4.52. The van der Waals surface area contributed by atoms with Gasteiger partial charge in [-0.25, -0.2) is 4.79 Å². The van der Waals surface area contributed by atoms with Crippen molar-refractivity contribution in [3.8, 4) is 0 Å². The summed E-state index contributed by atoms with van der Waals surface area (Å²) < 4.78 is 0. The molecule has 2 aliphatic rings. The van der Waals surface area contributed by atoms with Gasteiger partial charge in [-0.05, 0) is 42.2 Å². The topological polar surface area (TPSA) is 78.5 Å². The Morgan fingerprint density at radius 2 is 1.70 bits per heavy atom. The molecule has 1 aliphatic heterocycles. The molecule has 6 nitrogen and oxygen atoms in total. The first-order valence-electron chi connectivity index (χ1n) is 11.3. The molecule has 2 atom stereocenters. The zero-order chi connectivity index (χ0) is 21.9. The van der Waals surface area contributed by atoms with Gasteiger partial charge in [0, 0.05) is 13.0 Å². The highest BCUT2D eigenvalue weighted by atomic mass is 16.2. The lowest BCUT2D eigenvalue weighted by Crippen LogP contribution is -2.44. The van der Waals surface area contributed by atoms with Gasteiger partial charge in [0.1, 0.15) is 5.54 Å². The Balaban J connectivity index is 1.59. The summed E-state index contributed by atoms with van der Waals surface area (Å²) in [6.45, 7) is 8.66. The highest BCUT2D eigenvalue weighted by molar-refractivity contribution is 6.07. The third-order valence-corrected chi connectivity index (χ3v) is 6.73. The van der Waals surface area contributed by atoms with Gasteiger partial charge >= 0.3 is 6.03 Å². The van der Waals surface area contributed by atoms with Gasteiger partial charge in [-0.1, -0.05) is 64.8 Å². The maximum absolute atomic E-state index is 12.7. The highest BCUT2D eigenvalue weighted by Gasteiger charge is 2.52. The molecule has 1 aromatic rings. The molecular weight excluding hydrogens is 378 g/mol. The summed E-state index contributed by atoms with van der Waals surface area (Å²) in [6, 6.07) is 7.99. The van der Waals surface area contributed by atoms with Crippen molar-refractivity contribution in [3.63, 3.8) is 0 Å². The number of rotatable bonds is 8. The molecule has 0 bridgehead atoms. The summed E-state index contributed by atoms with van der Waals surface area (Å²) in [7, 11) is 0. The molecule has 1 aliphatic carbocycles. The van der Waals surface area contributed by atoms with Crippen molar-refractivity contribution in [2.45, 2.75) is 83.7 Å². The first-order chi connectivity index (χ1) is 14.3. The molecule has 1 spiro atoms. The first kappa shape index (κ1) is 22.3. The van der Waals surface area contributed by atoms with Crippen molar-refractivity contribution in [1.29, 1.82) is 0 Å². The van der Waals surface area contributed by atoms with Crippen LogP contribution in [0.5, 0.6) is 0 Å². The molecule has 2 fully saturated rings. The molecule has 1 heterocycles. The minimum Gasteiger partial charge on any atom is -0.349 e. The number of imide groups is 1. The van der Waals surface area contributed by atoms with Crippen LogP contribution in [-0.2, 0) is 9.59 Å². The first-order valence-corrected chi connectivity index (χ1v) is 11.3. The largest absolute Gasteiger partial charge is 0.349 e. The van der Waals surface area contributed by atoms with Gasteiger partial charge in [0.15, 0.2) is 0 Å². The standard InChI is InChI=1S/C24H35N3O3/c1-5-17(4)18-8-10-19(11-9-18)21(16(2)3)25-20(28)12-15-27-22(29)24(26-23(27)30)13-6-7-14-24/h8-11,16-17,21H,5-7,12-15H2,1-4H3,(H,25,28)(H,26,30). The third-order valence-electron chi connectivity index (χ3n) is 6.73. The van der Waals surface area contributed by atoms with Gasteiger partial charge < -0.3 is 10.6 Å². The average Bonchev–Trinajstić information content (AvgIpc) is 3.29. The fourth-order valence-electron chi connectivity index (χ4n) is 4.56. The van der Waals surface area contributed by atoms with E-state index in [4.69, 9.17) is 0 Å². The van der Waals surface area contributed by atoms with E-state index in [1.165, 1.54) is 10.5 Å². The smallest absolute Gasteiger partial charge is 0.325 e. The quantitative estimate of drug-likeness (QED) is 0.625. The Bertz CT molecular complexity index is 781. The van der Waals surface area contributed by atoms with E-state index >= 15 is 0 Å². The monoisotopic (exact) mass is 413 g/mol. The van der Waals surface area contributed by atoms with E-state index < -0.39 is 5.54 Å². The van der Waals surface area contributed by atoms with Gasteiger partial charge in [0.05, 0.1) is 6.04 Å². The van der Waals surface area contributed by atoms with Crippen LogP contribution in [-0.4, -0.2) is 34.8 Å².